The Balaban J connectivity index is 1.82. The third kappa shape index (κ3) is 2.99. The van der Waals surface area contributed by atoms with Crippen molar-refractivity contribution in [2.75, 3.05) is 6.61 Å². The van der Waals surface area contributed by atoms with Crippen molar-refractivity contribution in [3.05, 3.63) is 59.9 Å². The molecule has 0 aliphatic carbocycles. The van der Waals surface area contributed by atoms with Crippen LogP contribution in [0.5, 0.6) is 5.75 Å². The molecule has 0 saturated carbocycles. The molecule has 0 amide bonds. The summed E-state index contributed by atoms with van der Waals surface area (Å²) in [5, 5.41) is 14.1. The van der Waals surface area contributed by atoms with E-state index < -0.39 is 0 Å². The Morgan fingerprint density at radius 3 is 2.65 bits per heavy atom. The summed E-state index contributed by atoms with van der Waals surface area (Å²) in [4.78, 5) is 0. The number of para-hydroxylation sites is 1. The lowest BCUT2D eigenvalue weighted by atomic mass is 10.1. The van der Waals surface area contributed by atoms with Crippen LogP contribution in [0.1, 0.15) is 19.4 Å². The Hall–Kier alpha value is -2.67. The van der Waals surface area contributed by atoms with Gasteiger partial charge in [-0.25, -0.2) is 4.39 Å². The van der Waals surface area contributed by atoms with E-state index in [0.29, 0.717) is 12.4 Å². The fourth-order valence-corrected chi connectivity index (χ4v) is 3.76. The van der Waals surface area contributed by atoms with Crippen LogP contribution in [-0.2, 0) is 0 Å². The molecule has 0 bridgehead atoms. The van der Waals surface area contributed by atoms with Gasteiger partial charge in [0.2, 0.25) is 5.16 Å². The predicted molar refractivity (Wildman–Crippen MR) is 100 cm³/mol. The van der Waals surface area contributed by atoms with Gasteiger partial charge in [0.1, 0.15) is 11.6 Å². The molecule has 3 aromatic rings. The highest BCUT2D eigenvalue weighted by atomic mass is 32.2. The highest BCUT2D eigenvalue weighted by Crippen LogP contribution is 2.34. The lowest BCUT2D eigenvalue weighted by molar-refractivity contribution is 0.339. The minimum Gasteiger partial charge on any atom is -0.493 e. The summed E-state index contributed by atoms with van der Waals surface area (Å²) in [6.45, 7) is 4.63. The molecule has 26 heavy (non-hydrogen) atoms. The molecule has 0 unspecified atom stereocenters. The summed E-state index contributed by atoms with van der Waals surface area (Å²) in [7, 11) is 0. The SMILES string of the molecule is CCOc1ccccc1C1=Nn2c(nnc2-c2ccc(F)cc2)S[C@@H]1C. The van der Waals surface area contributed by atoms with Gasteiger partial charge < -0.3 is 4.74 Å². The average Bonchev–Trinajstić information content (AvgIpc) is 3.05. The second-order valence-electron chi connectivity index (χ2n) is 5.80. The van der Waals surface area contributed by atoms with E-state index >= 15 is 0 Å². The summed E-state index contributed by atoms with van der Waals surface area (Å²) in [5.41, 5.74) is 2.62. The molecule has 2 aromatic carbocycles. The number of aromatic nitrogens is 3. The van der Waals surface area contributed by atoms with Gasteiger partial charge >= 0.3 is 0 Å². The number of halogens is 1. The van der Waals surface area contributed by atoms with E-state index in [-0.39, 0.29) is 11.1 Å². The zero-order valence-corrected chi connectivity index (χ0v) is 15.2. The average molecular weight is 368 g/mol. The molecule has 1 atom stereocenters. The first-order valence-corrected chi connectivity index (χ1v) is 9.24. The van der Waals surface area contributed by atoms with Crippen LogP contribution in [0.3, 0.4) is 0 Å². The summed E-state index contributed by atoms with van der Waals surface area (Å²) in [5.74, 6) is 1.11. The largest absolute Gasteiger partial charge is 0.493 e. The molecule has 5 nitrogen and oxygen atoms in total. The maximum atomic E-state index is 13.2. The Morgan fingerprint density at radius 2 is 1.88 bits per heavy atom. The summed E-state index contributed by atoms with van der Waals surface area (Å²) < 4.78 is 20.7. The normalized spacial score (nSPS) is 16.1. The van der Waals surface area contributed by atoms with Crippen LogP contribution in [0.25, 0.3) is 11.4 Å². The molecule has 0 spiro atoms. The van der Waals surface area contributed by atoms with Gasteiger partial charge in [-0.05, 0) is 50.2 Å². The third-order valence-corrected chi connectivity index (χ3v) is 5.09. The Labute approximate surface area is 154 Å². The number of thioether (sulfide) groups is 1. The molecule has 0 fully saturated rings. The maximum Gasteiger partial charge on any atom is 0.213 e. The van der Waals surface area contributed by atoms with E-state index in [4.69, 9.17) is 9.84 Å². The van der Waals surface area contributed by atoms with Crippen LogP contribution in [0.2, 0.25) is 0 Å². The predicted octanol–water partition coefficient (Wildman–Crippen LogP) is 4.23. The van der Waals surface area contributed by atoms with Gasteiger partial charge in [-0.15, -0.1) is 10.2 Å². The van der Waals surface area contributed by atoms with Crippen molar-refractivity contribution in [1.29, 1.82) is 0 Å². The zero-order valence-electron chi connectivity index (χ0n) is 14.4. The maximum absolute atomic E-state index is 13.2. The number of rotatable bonds is 4. The van der Waals surface area contributed by atoms with Crippen molar-refractivity contribution in [2.45, 2.75) is 24.3 Å². The van der Waals surface area contributed by atoms with Crippen molar-refractivity contribution in [2.24, 2.45) is 5.10 Å². The Kier molecular flexibility index (Phi) is 4.46. The summed E-state index contributed by atoms with van der Waals surface area (Å²) >= 11 is 1.59. The van der Waals surface area contributed by atoms with Crippen molar-refractivity contribution >= 4 is 17.5 Å². The van der Waals surface area contributed by atoms with E-state index in [0.717, 1.165) is 27.7 Å². The lowest BCUT2D eigenvalue weighted by Crippen LogP contribution is -2.22. The van der Waals surface area contributed by atoms with E-state index in [9.17, 15) is 4.39 Å². The smallest absolute Gasteiger partial charge is 0.213 e. The van der Waals surface area contributed by atoms with Crippen LogP contribution >= 0.6 is 11.8 Å². The molecular weight excluding hydrogens is 351 g/mol. The van der Waals surface area contributed by atoms with Gasteiger partial charge in [0.15, 0.2) is 5.82 Å². The van der Waals surface area contributed by atoms with Gasteiger partial charge in [-0.3, -0.25) is 0 Å². The van der Waals surface area contributed by atoms with E-state index in [1.807, 2.05) is 31.2 Å². The quantitative estimate of drug-likeness (QED) is 0.692. The number of hydrogen-bond acceptors (Lipinski definition) is 5. The fourth-order valence-electron chi connectivity index (χ4n) is 2.84. The number of hydrogen-bond donors (Lipinski definition) is 0. The Bertz CT molecular complexity index is 968. The third-order valence-electron chi connectivity index (χ3n) is 4.05. The number of benzene rings is 2. The number of nitrogens with zero attached hydrogens (tertiary/aromatic N) is 4. The van der Waals surface area contributed by atoms with Gasteiger partial charge in [-0.1, -0.05) is 23.9 Å². The Morgan fingerprint density at radius 1 is 1.12 bits per heavy atom. The first kappa shape index (κ1) is 16.8. The van der Waals surface area contributed by atoms with Crippen LogP contribution in [0, 0.1) is 5.82 Å². The van der Waals surface area contributed by atoms with E-state index in [1.54, 1.807) is 28.6 Å². The van der Waals surface area contributed by atoms with Gasteiger partial charge in [0.05, 0.1) is 17.6 Å². The second-order valence-corrected chi connectivity index (χ2v) is 7.11. The molecule has 1 aliphatic heterocycles. The minimum absolute atomic E-state index is 0.106. The monoisotopic (exact) mass is 368 g/mol. The summed E-state index contributed by atoms with van der Waals surface area (Å²) in [6.07, 6.45) is 0. The topological polar surface area (TPSA) is 52.3 Å². The minimum atomic E-state index is -0.287. The molecule has 1 aliphatic rings. The standard InChI is InChI=1S/C19H17FN4OS/c1-3-25-16-7-5-4-6-15(16)17-12(2)26-19-22-21-18(24(19)23-17)13-8-10-14(20)11-9-13/h4-12H,3H2,1-2H3/t12-/m1/s1. The molecule has 1 aromatic heterocycles. The van der Waals surface area contributed by atoms with Gasteiger partial charge in [-0.2, -0.15) is 9.78 Å². The molecule has 0 N–H and O–H groups in total. The zero-order chi connectivity index (χ0) is 18.1. The van der Waals surface area contributed by atoms with Crippen molar-refractivity contribution in [3.63, 3.8) is 0 Å². The molecule has 7 heteroatoms. The van der Waals surface area contributed by atoms with Crippen LogP contribution in [0.15, 0.2) is 58.8 Å². The first-order valence-electron chi connectivity index (χ1n) is 8.36. The van der Waals surface area contributed by atoms with Gasteiger partial charge in [0.25, 0.3) is 0 Å². The molecular formula is C19H17FN4OS. The first-order chi connectivity index (χ1) is 12.7. The molecule has 4 rings (SSSR count). The van der Waals surface area contributed by atoms with Crippen molar-refractivity contribution in [1.82, 2.24) is 14.9 Å². The summed E-state index contributed by atoms with van der Waals surface area (Å²) in [6, 6.07) is 14.0. The van der Waals surface area contributed by atoms with E-state index in [1.165, 1.54) is 12.1 Å². The van der Waals surface area contributed by atoms with E-state index in [2.05, 4.69) is 17.1 Å². The van der Waals surface area contributed by atoms with Crippen LogP contribution in [0.4, 0.5) is 4.39 Å². The lowest BCUT2D eigenvalue weighted by Gasteiger charge is -2.21. The van der Waals surface area contributed by atoms with Gasteiger partial charge in [0, 0.05) is 11.1 Å². The second kappa shape index (κ2) is 6.92. The van der Waals surface area contributed by atoms with Crippen molar-refractivity contribution in [3.8, 4) is 17.1 Å². The molecule has 2 heterocycles. The van der Waals surface area contributed by atoms with Crippen molar-refractivity contribution < 1.29 is 9.13 Å². The highest BCUT2D eigenvalue weighted by molar-refractivity contribution is 8.00. The molecule has 132 valence electrons. The molecule has 0 saturated heterocycles. The van der Waals surface area contributed by atoms with Crippen LogP contribution in [-0.4, -0.2) is 32.4 Å². The number of fused-ring (bicyclic) bond motifs is 1. The molecule has 0 radical (unpaired) electrons. The number of ether oxygens (including phenoxy) is 1. The highest BCUT2D eigenvalue weighted by Gasteiger charge is 2.27. The fraction of sp³-hybridized carbons (Fsp3) is 0.211. The van der Waals surface area contributed by atoms with Crippen LogP contribution < -0.4 is 4.74 Å².